The molecule has 0 atom stereocenters. The number of piperazine rings is 1. The van der Waals surface area contributed by atoms with Gasteiger partial charge in [-0.05, 0) is 38.0 Å². The smallest absolute Gasteiger partial charge is 0.325 e. The second-order valence-electron chi connectivity index (χ2n) is 9.54. The summed E-state index contributed by atoms with van der Waals surface area (Å²) in [6.07, 6.45) is 3.57. The second-order valence-corrected chi connectivity index (χ2v) is 11.9. The molecular formula is C24H27ClN8O3S. The third kappa shape index (κ3) is 5.09. The summed E-state index contributed by atoms with van der Waals surface area (Å²) in [6.45, 7) is 3.70. The van der Waals surface area contributed by atoms with E-state index in [1.165, 1.54) is 23.4 Å². The SMILES string of the molecule is Cc1cc2c(Cl)c(Oc3nc(Nc4cc(C5CC5)[nH]n4)cc(N4CCN(S(C)(=O)=O)CC4)n3)ccc2[nH]1. The molecule has 2 aliphatic rings. The molecule has 194 valence electrons. The Kier molecular flexibility index (Phi) is 5.97. The lowest BCUT2D eigenvalue weighted by Crippen LogP contribution is -2.48. The number of hydrogen-bond donors (Lipinski definition) is 3. The molecule has 4 aromatic rings. The second kappa shape index (κ2) is 9.19. The van der Waals surface area contributed by atoms with Gasteiger partial charge in [0.05, 0.1) is 11.3 Å². The summed E-state index contributed by atoms with van der Waals surface area (Å²) in [7, 11) is -3.24. The summed E-state index contributed by atoms with van der Waals surface area (Å²) in [5.74, 6) is 2.76. The predicted molar refractivity (Wildman–Crippen MR) is 143 cm³/mol. The Morgan fingerprint density at radius 2 is 1.86 bits per heavy atom. The van der Waals surface area contributed by atoms with Crippen LogP contribution in [0.3, 0.4) is 0 Å². The molecule has 2 fully saturated rings. The Balaban J connectivity index is 1.31. The van der Waals surface area contributed by atoms with E-state index in [4.69, 9.17) is 16.3 Å². The molecule has 6 rings (SSSR count). The van der Waals surface area contributed by atoms with Gasteiger partial charge in [0.2, 0.25) is 10.0 Å². The van der Waals surface area contributed by atoms with E-state index < -0.39 is 10.0 Å². The van der Waals surface area contributed by atoms with E-state index in [1.807, 2.05) is 36.1 Å². The number of anilines is 3. The molecule has 13 heteroatoms. The summed E-state index contributed by atoms with van der Waals surface area (Å²) in [6, 6.07) is 9.57. The van der Waals surface area contributed by atoms with Crippen molar-refractivity contribution in [2.75, 3.05) is 42.7 Å². The van der Waals surface area contributed by atoms with Gasteiger partial charge < -0.3 is 19.9 Å². The number of H-pyrrole nitrogens is 2. The molecule has 0 radical (unpaired) electrons. The maximum Gasteiger partial charge on any atom is 0.325 e. The Morgan fingerprint density at radius 1 is 1.08 bits per heavy atom. The van der Waals surface area contributed by atoms with E-state index in [0.29, 0.717) is 60.3 Å². The Morgan fingerprint density at radius 3 is 2.59 bits per heavy atom. The number of ether oxygens (including phenoxy) is 1. The number of hydrogen-bond acceptors (Lipinski definition) is 8. The summed E-state index contributed by atoms with van der Waals surface area (Å²) in [5, 5.41) is 12.0. The van der Waals surface area contributed by atoms with E-state index in [9.17, 15) is 8.42 Å². The lowest BCUT2D eigenvalue weighted by Gasteiger charge is -2.34. The molecule has 37 heavy (non-hydrogen) atoms. The van der Waals surface area contributed by atoms with E-state index in [0.717, 1.165) is 22.3 Å². The first-order valence-electron chi connectivity index (χ1n) is 12.1. The van der Waals surface area contributed by atoms with Crippen molar-refractivity contribution in [3.05, 3.63) is 46.7 Å². The fourth-order valence-corrected chi connectivity index (χ4v) is 5.62. The summed E-state index contributed by atoms with van der Waals surface area (Å²) >= 11 is 6.66. The number of benzene rings is 1. The number of nitrogens with one attached hydrogen (secondary N) is 3. The third-order valence-corrected chi connectivity index (χ3v) is 8.33. The maximum absolute atomic E-state index is 12.0. The third-order valence-electron chi connectivity index (χ3n) is 6.63. The molecular weight excluding hydrogens is 516 g/mol. The van der Waals surface area contributed by atoms with Gasteiger partial charge in [-0.15, -0.1) is 0 Å². The molecule has 0 amide bonds. The van der Waals surface area contributed by atoms with Crippen molar-refractivity contribution < 1.29 is 13.2 Å². The average Bonchev–Trinajstić information content (AvgIpc) is 3.49. The number of aromatic nitrogens is 5. The van der Waals surface area contributed by atoms with Gasteiger partial charge in [-0.25, -0.2) is 8.42 Å². The first-order valence-corrected chi connectivity index (χ1v) is 14.3. The molecule has 0 bridgehead atoms. The van der Waals surface area contributed by atoms with Crippen LogP contribution in [-0.4, -0.2) is 70.3 Å². The van der Waals surface area contributed by atoms with Crippen LogP contribution < -0.4 is 15.0 Å². The van der Waals surface area contributed by atoms with Gasteiger partial charge in [-0.1, -0.05) is 11.6 Å². The molecule has 1 aliphatic heterocycles. The fourth-order valence-electron chi connectivity index (χ4n) is 4.53. The van der Waals surface area contributed by atoms with Crippen LogP contribution in [0.4, 0.5) is 17.5 Å². The van der Waals surface area contributed by atoms with Crippen LogP contribution in [0.2, 0.25) is 5.02 Å². The zero-order chi connectivity index (χ0) is 25.7. The number of rotatable bonds is 7. The minimum absolute atomic E-state index is 0.122. The van der Waals surface area contributed by atoms with Gasteiger partial charge in [0.1, 0.15) is 17.4 Å². The molecule has 4 heterocycles. The summed E-state index contributed by atoms with van der Waals surface area (Å²) in [4.78, 5) is 14.5. The molecule has 1 aliphatic carbocycles. The maximum atomic E-state index is 12.0. The Hall–Kier alpha value is -3.35. The van der Waals surface area contributed by atoms with Crippen molar-refractivity contribution >= 4 is 50.0 Å². The Labute approximate surface area is 219 Å². The van der Waals surface area contributed by atoms with Crippen LogP contribution in [0.5, 0.6) is 11.8 Å². The van der Waals surface area contributed by atoms with Crippen molar-refractivity contribution in [1.82, 2.24) is 29.5 Å². The number of sulfonamides is 1. The highest BCUT2D eigenvalue weighted by molar-refractivity contribution is 7.88. The lowest BCUT2D eigenvalue weighted by molar-refractivity contribution is 0.385. The molecule has 1 saturated carbocycles. The molecule has 11 nitrogen and oxygen atoms in total. The van der Waals surface area contributed by atoms with Crippen LogP contribution >= 0.6 is 11.6 Å². The van der Waals surface area contributed by atoms with Crippen molar-refractivity contribution in [1.29, 1.82) is 0 Å². The van der Waals surface area contributed by atoms with Crippen LogP contribution in [-0.2, 0) is 10.0 Å². The van der Waals surface area contributed by atoms with Gasteiger partial charge in [-0.3, -0.25) is 5.10 Å². The van der Waals surface area contributed by atoms with Crippen LogP contribution in [0.1, 0.15) is 30.1 Å². The number of aromatic amines is 2. The topological polar surface area (TPSA) is 132 Å². The minimum atomic E-state index is -3.24. The Bertz CT molecular complexity index is 1570. The standard InChI is InChI=1S/C24H27ClN8O3S/c1-14-11-16-17(26-14)5-6-19(23(16)25)36-24-28-20(27-21-12-18(30-31-21)15-3-4-15)13-22(29-24)32-7-9-33(10-8-32)37(2,34)35/h5-6,11-13,15,26H,3-4,7-10H2,1-2H3,(H2,27,28,29,30,31). The fraction of sp³-hybridized carbons (Fsp3) is 0.375. The molecule has 0 spiro atoms. The van der Waals surface area contributed by atoms with Gasteiger partial charge in [0, 0.05) is 66.5 Å². The van der Waals surface area contributed by atoms with Crippen LogP contribution in [0, 0.1) is 6.92 Å². The molecule has 0 unspecified atom stereocenters. The normalized spacial score (nSPS) is 16.9. The summed E-state index contributed by atoms with van der Waals surface area (Å²) < 4.78 is 31.5. The highest BCUT2D eigenvalue weighted by Gasteiger charge is 2.27. The van der Waals surface area contributed by atoms with Gasteiger partial charge in [0.15, 0.2) is 5.82 Å². The number of halogens is 1. The van der Waals surface area contributed by atoms with E-state index in [2.05, 4.69) is 30.5 Å². The monoisotopic (exact) mass is 542 g/mol. The molecule has 3 aromatic heterocycles. The minimum Gasteiger partial charge on any atom is -0.423 e. The number of aryl methyl sites for hydroxylation is 1. The van der Waals surface area contributed by atoms with Crippen molar-refractivity contribution in [3.8, 4) is 11.8 Å². The van der Waals surface area contributed by atoms with Gasteiger partial charge >= 0.3 is 6.01 Å². The largest absolute Gasteiger partial charge is 0.423 e. The highest BCUT2D eigenvalue weighted by atomic mass is 35.5. The van der Waals surface area contributed by atoms with Gasteiger partial charge in [0.25, 0.3) is 0 Å². The lowest BCUT2D eigenvalue weighted by atomic mass is 10.2. The predicted octanol–water partition coefficient (Wildman–Crippen LogP) is 4.14. The van der Waals surface area contributed by atoms with E-state index in [1.54, 1.807) is 6.07 Å². The number of fused-ring (bicyclic) bond motifs is 1. The zero-order valence-electron chi connectivity index (χ0n) is 20.5. The summed E-state index contributed by atoms with van der Waals surface area (Å²) in [5.41, 5.74) is 3.02. The molecule has 1 aromatic carbocycles. The molecule has 1 saturated heterocycles. The quantitative estimate of drug-likeness (QED) is 0.317. The average molecular weight is 543 g/mol. The van der Waals surface area contributed by atoms with Gasteiger partial charge in [-0.2, -0.15) is 19.4 Å². The van der Waals surface area contributed by atoms with Crippen molar-refractivity contribution in [3.63, 3.8) is 0 Å². The van der Waals surface area contributed by atoms with Crippen molar-refractivity contribution in [2.45, 2.75) is 25.7 Å². The highest BCUT2D eigenvalue weighted by Crippen LogP contribution is 2.40. The van der Waals surface area contributed by atoms with Crippen LogP contribution in [0.15, 0.2) is 30.3 Å². The van der Waals surface area contributed by atoms with E-state index in [-0.39, 0.29) is 6.01 Å². The first kappa shape index (κ1) is 24.0. The van der Waals surface area contributed by atoms with E-state index >= 15 is 0 Å². The van der Waals surface area contributed by atoms with Crippen molar-refractivity contribution in [2.24, 2.45) is 0 Å². The number of nitrogens with zero attached hydrogens (tertiary/aromatic N) is 5. The zero-order valence-corrected chi connectivity index (χ0v) is 22.0. The first-order chi connectivity index (χ1) is 17.7. The van der Waals surface area contributed by atoms with Crippen LogP contribution in [0.25, 0.3) is 10.9 Å². The molecule has 3 N–H and O–H groups in total.